The van der Waals surface area contributed by atoms with E-state index in [9.17, 15) is 9.59 Å². The molecule has 2 aromatic carbocycles. The van der Waals surface area contributed by atoms with E-state index in [0.717, 1.165) is 40.4 Å². The lowest BCUT2D eigenvalue weighted by Crippen LogP contribution is -2.51. The summed E-state index contributed by atoms with van der Waals surface area (Å²) in [6, 6.07) is 9.86. The number of carbonyl (C=O) groups is 2. The highest BCUT2D eigenvalue weighted by molar-refractivity contribution is 6.24. The molecule has 3 aliphatic rings. The average Bonchev–Trinajstić information content (AvgIpc) is 3.30. The highest BCUT2D eigenvalue weighted by atomic mass is 16.2. The number of rotatable bonds is 6. The Hall–Kier alpha value is -3.84. The van der Waals surface area contributed by atoms with Crippen molar-refractivity contribution in [1.82, 2.24) is 14.7 Å². The fourth-order valence-electron chi connectivity index (χ4n) is 5.57. The zero-order valence-electron chi connectivity index (χ0n) is 19.7. The van der Waals surface area contributed by atoms with E-state index in [1.807, 2.05) is 47.1 Å². The van der Waals surface area contributed by atoms with Gasteiger partial charge in [-0.1, -0.05) is 30.2 Å². The number of azide groups is 1. The van der Waals surface area contributed by atoms with Crippen molar-refractivity contribution in [2.75, 3.05) is 25.0 Å². The van der Waals surface area contributed by atoms with Gasteiger partial charge in [-0.3, -0.25) is 14.3 Å². The summed E-state index contributed by atoms with van der Waals surface area (Å²) >= 11 is 0. The van der Waals surface area contributed by atoms with E-state index in [1.165, 1.54) is 0 Å². The molecule has 2 fully saturated rings. The largest absolute Gasteiger partial charge is 0.342 e. The number of piperidine rings is 1. The molecule has 1 saturated heterocycles. The van der Waals surface area contributed by atoms with E-state index in [0.29, 0.717) is 44.5 Å². The van der Waals surface area contributed by atoms with Gasteiger partial charge in [0.15, 0.2) is 0 Å². The second kappa shape index (κ2) is 7.85. The third-order valence-electron chi connectivity index (χ3n) is 8.07. The number of nitrogens with one attached hydrogen (secondary N) is 1. The van der Waals surface area contributed by atoms with Crippen LogP contribution in [-0.4, -0.2) is 46.1 Å². The third kappa shape index (κ3) is 3.54. The van der Waals surface area contributed by atoms with Crippen LogP contribution in [0.2, 0.25) is 0 Å². The molecule has 2 aliphatic heterocycles. The summed E-state index contributed by atoms with van der Waals surface area (Å²) in [5.74, 6) is 0.187. The summed E-state index contributed by atoms with van der Waals surface area (Å²) in [5, 5.41) is 13.6. The van der Waals surface area contributed by atoms with Crippen LogP contribution in [0.4, 0.5) is 5.69 Å². The minimum absolute atomic E-state index is 0.0592. The van der Waals surface area contributed by atoms with Gasteiger partial charge < -0.3 is 10.2 Å². The van der Waals surface area contributed by atoms with Crippen molar-refractivity contribution in [1.29, 1.82) is 0 Å². The number of likely N-dealkylation sites (tertiary alicyclic amines) is 1. The summed E-state index contributed by atoms with van der Waals surface area (Å²) < 4.78 is 1.95. The Balaban J connectivity index is 1.26. The lowest BCUT2D eigenvalue weighted by Gasteiger charge is -2.42. The summed E-state index contributed by atoms with van der Waals surface area (Å²) in [4.78, 5) is 30.1. The fourth-order valence-corrected chi connectivity index (χ4v) is 5.57. The van der Waals surface area contributed by atoms with Crippen molar-refractivity contribution in [2.24, 2.45) is 10.5 Å². The Morgan fingerprint density at radius 3 is 2.74 bits per heavy atom. The second-order valence-corrected chi connectivity index (χ2v) is 10.4. The second-order valence-electron chi connectivity index (χ2n) is 10.4. The number of amides is 2. The molecule has 2 amide bonds. The summed E-state index contributed by atoms with van der Waals surface area (Å²) in [7, 11) is 0. The van der Waals surface area contributed by atoms with Gasteiger partial charge in [-0.05, 0) is 59.9 Å². The molecule has 3 heterocycles. The Morgan fingerprint density at radius 1 is 1.20 bits per heavy atom. The van der Waals surface area contributed by atoms with Crippen LogP contribution in [0.1, 0.15) is 54.1 Å². The maximum atomic E-state index is 12.8. The van der Waals surface area contributed by atoms with Gasteiger partial charge in [0, 0.05) is 52.7 Å². The van der Waals surface area contributed by atoms with E-state index in [-0.39, 0.29) is 17.2 Å². The highest BCUT2D eigenvalue weighted by Crippen LogP contribution is 2.47. The van der Waals surface area contributed by atoms with Crippen molar-refractivity contribution >= 4 is 28.3 Å². The molecule has 1 aliphatic carbocycles. The van der Waals surface area contributed by atoms with Crippen LogP contribution in [0.15, 0.2) is 47.8 Å². The van der Waals surface area contributed by atoms with Gasteiger partial charge in [-0.25, -0.2) is 0 Å². The highest BCUT2D eigenvalue weighted by Gasteiger charge is 2.49. The first-order valence-electron chi connectivity index (χ1n) is 12.1. The van der Waals surface area contributed by atoms with Gasteiger partial charge in [-0.15, -0.1) is 0 Å². The predicted molar refractivity (Wildman–Crippen MR) is 132 cm³/mol. The zero-order valence-corrected chi connectivity index (χ0v) is 19.7. The molecule has 9 nitrogen and oxygen atoms in total. The normalized spacial score (nSPS) is 19.3. The molecule has 1 N–H and O–H groups in total. The van der Waals surface area contributed by atoms with Crippen LogP contribution in [0.25, 0.3) is 21.2 Å². The molecule has 0 atom stereocenters. The maximum absolute atomic E-state index is 12.8. The molecule has 178 valence electrons. The quantitative estimate of drug-likeness (QED) is 0.322. The van der Waals surface area contributed by atoms with Crippen LogP contribution >= 0.6 is 0 Å². The number of aromatic nitrogens is 2. The molecule has 6 rings (SSSR count). The van der Waals surface area contributed by atoms with Gasteiger partial charge in [0.2, 0.25) is 5.91 Å². The number of hydrogen-bond donors (Lipinski definition) is 1. The van der Waals surface area contributed by atoms with Crippen molar-refractivity contribution in [3.05, 3.63) is 69.9 Å². The van der Waals surface area contributed by atoms with Crippen molar-refractivity contribution in [3.8, 4) is 0 Å². The van der Waals surface area contributed by atoms with E-state index < -0.39 is 5.54 Å². The van der Waals surface area contributed by atoms with Crippen molar-refractivity contribution in [3.63, 3.8) is 0 Å². The van der Waals surface area contributed by atoms with Gasteiger partial charge >= 0.3 is 0 Å². The van der Waals surface area contributed by atoms with Crippen LogP contribution in [0.5, 0.6) is 0 Å². The first-order chi connectivity index (χ1) is 16.9. The first kappa shape index (κ1) is 21.7. The van der Waals surface area contributed by atoms with E-state index in [4.69, 9.17) is 10.6 Å². The Bertz CT molecular complexity index is 1410. The van der Waals surface area contributed by atoms with Crippen LogP contribution in [-0.2, 0) is 16.8 Å². The number of anilines is 1. The molecule has 0 spiro atoms. The number of carbonyl (C=O) groups excluding carboxylic acids is 2. The van der Waals surface area contributed by atoms with Crippen molar-refractivity contribution in [2.45, 2.75) is 44.6 Å². The molecule has 35 heavy (non-hydrogen) atoms. The van der Waals surface area contributed by atoms with Crippen LogP contribution in [0.3, 0.4) is 0 Å². The van der Waals surface area contributed by atoms with E-state index in [1.54, 1.807) is 0 Å². The monoisotopic (exact) mass is 469 g/mol. The predicted octanol–water partition coefficient (Wildman–Crippen LogP) is 4.62. The number of hydrogen-bond acceptors (Lipinski definition) is 4. The standard InChI is InChI=1S/C26H27N7O2/c1-25(7-8-25)24(35)32-11-9-26(10-12-32,16-28-31-27)33-15-17(14-29-33)13-18-5-6-21-22-19(18)3-2-4-20(22)23(34)30-21/h2-6,14-15H,7-13,16H2,1H3,(H,30,34). The minimum atomic E-state index is -0.440. The molecule has 3 aromatic rings. The summed E-state index contributed by atoms with van der Waals surface area (Å²) in [6.07, 6.45) is 7.92. The average molecular weight is 470 g/mol. The topological polar surface area (TPSA) is 116 Å². The molecule has 0 unspecified atom stereocenters. The molecule has 9 heteroatoms. The maximum Gasteiger partial charge on any atom is 0.256 e. The zero-order chi connectivity index (χ0) is 24.2. The number of benzene rings is 2. The smallest absolute Gasteiger partial charge is 0.256 e. The van der Waals surface area contributed by atoms with Gasteiger partial charge in [0.1, 0.15) is 0 Å². The third-order valence-corrected chi connectivity index (χ3v) is 8.07. The molecular weight excluding hydrogens is 442 g/mol. The first-order valence-corrected chi connectivity index (χ1v) is 12.1. The lowest BCUT2D eigenvalue weighted by molar-refractivity contribution is -0.138. The molecule has 1 saturated carbocycles. The summed E-state index contributed by atoms with van der Waals surface area (Å²) in [5.41, 5.74) is 12.1. The molecule has 0 radical (unpaired) electrons. The molecule has 0 bridgehead atoms. The SMILES string of the molecule is CC1(C(=O)N2CCC(CN=[N+]=[N-])(n3cc(Cc4ccc5c6c(cccc46)C(=O)N5)cn3)CC2)CC1. The number of nitrogens with zero attached hydrogens (tertiary/aromatic N) is 6. The Labute approximate surface area is 202 Å². The fraction of sp³-hybridized carbons (Fsp3) is 0.423. The van der Waals surface area contributed by atoms with E-state index in [2.05, 4.69) is 27.5 Å². The van der Waals surface area contributed by atoms with Crippen LogP contribution < -0.4 is 5.32 Å². The minimum Gasteiger partial charge on any atom is -0.342 e. The van der Waals surface area contributed by atoms with Gasteiger partial charge in [-0.2, -0.15) is 5.10 Å². The Kier molecular flexibility index (Phi) is 4.86. The van der Waals surface area contributed by atoms with Crippen molar-refractivity contribution < 1.29 is 9.59 Å². The Morgan fingerprint density at radius 2 is 2.00 bits per heavy atom. The van der Waals surface area contributed by atoms with Gasteiger partial charge in [0.05, 0.1) is 18.3 Å². The summed E-state index contributed by atoms with van der Waals surface area (Å²) in [6.45, 7) is 3.63. The molecular formula is C26H27N7O2. The van der Waals surface area contributed by atoms with Gasteiger partial charge in [0.25, 0.3) is 5.91 Å². The van der Waals surface area contributed by atoms with E-state index >= 15 is 0 Å². The van der Waals surface area contributed by atoms with Crippen LogP contribution in [0, 0.1) is 5.41 Å². The lowest BCUT2D eigenvalue weighted by atomic mass is 9.87. The molecule has 1 aromatic heterocycles.